The summed E-state index contributed by atoms with van der Waals surface area (Å²) < 4.78 is 5.67. The summed E-state index contributed by atoms with van der Waals surface area (Å²) in [7, 11) is 4.02. The summed E-state index contributed by atoms with van der Waals surface area (Å²) in [5.41, 5.74) is 0. The van der Waals surface area contributed by atoms with Crippen LogP contribution in [0.2, 0.25) is 0 Å². The summed E-state index contributed by atoms with van der Waals surface area (Å²) in [5.74, 6) is 0.813. The molecular formula is C22H37ClN4O3S. The van der Waals surface area contributed by atoms with Crippen molar-refractivity contribution < 1.29 is 14.0 Å². The summed E-state index contributed by atoms with van der Waals surface area (Å²) >= 11 is 1.45. The van der Waals surface area contributed by atoms with E-state index in [-0.39, 0.29) is 41.8 Å². The number of carbonyl (C=O) groups is 2. The Hall–Kier alpha value is -1.12. The molecule has 1 N–H and O–H groups in total. The molecule has 0 bridgehead atoms. The standard InChI is InChI=1S/C22H36N4O3S.ClH/c1-26(2)14-15-30-22-25-24-21(29-22)19(27)18(16-10-8-5-9-11-16)23-20(28)17-12-6-3-4-7-13-17;/h16-18H,3-15H2,1-2H3,(H,23,28);1H. The summed E-state index contributed by atoms with van der Waals surface area (Å²) in [6, 6.07) is -0.555. The van der Waals surface area contributed by atoms with Gasteiger partial charge in [0, 0.05) is 18.2 Å². The Morgan fingerprint density at radius 2 is 1.65 bits per heavy atom. The van der Waals surface area contributed by atoms with E-state index in [9.17, 15) is 9.59 Å². The van der Waals surface area contributed by atoms with E-state index in [4.69, 9.17) is 4.42 Å². The van der Waals surface area contributed by atoms with Gasteiger partial charge in [-0.25, -0.2) is 0 Å². The Kier molecular flexibility index (Phi) is 11.3. The normalized spacial score (nSPS) is 19.5. The Morgan fingerprint density at radius 3 is 2.29 bits per heavy atom. The minimum Gasteiger partial charge on any atom is -0.408 e. The van der Waals surface area contributed by atoms with Gasteiger partial charge in [0.05, 0.1) is 0 Å². The highest BCUT2D eigenvalue weighted by atomic mass is 35.5. The predicted octanol–water partition coefficient (Wildman–Crippen LogP) is 4.36. The Labute approximate surface area is 196 Å². The SMILES string of the molecule is CN(C)CCSc1nnc(C(=O)C(NC(=O)C2CCCCCC2)C2CCCCC2)o1.Cl. The van der Waals surface area contributed by atoms with Crippen molar-refractivity contribution in [3.05, 3.63) is 5.89 Å². The average Bonchev–Trinajstić information content (AvgIpc) is 3.04. The fourth-order valence-corrected chi connectivity index (χ4v) is 5.36. The van der Waals surface area contributed by atoms with E-state index in [1.165, 1.54) is 31.0 Å². The molecule has 9 heteroatoms. The Morgan fingerprint density at radius 1 is 1.03 bits per heavy atom. The van der Waals surface area contributed by atoms with Crippen LogP contribution in [0.15, 0.2) is 9.64 Å². The largest absolute Gasteiger partial charge is 0.408 e. The van der Waals surface area contributed by atoms with Crippen LogP contribution in [0, 0.1) is 11.8 Å². The van der Waals surface area contributed by atoms with Crippen LogP contribution in [0.4, 0.5) is 0 Å². The van der Waals surface area contributed by atoms with E-state index >= 15 is 0 Å². The molecule has 3 rings (SSSR count). The molecule has 7 nitrogen and oxygen atoms in total. The van der Waals surface area contributed by atoms with Crippen LogP contribution in [-0.2, 0) is 4.79 Å². The van der Waals surface area contributed by atoms with Crippen molar-refractivity contribution in [2.45, 2.75) is 81.9 Å². The van der Waals surface area contributed by atoms with Crippen LogP contribution < -0.4 is 5.32 Å². The lowest BCUT2D eigenvalue weighted by molar-refractivity contribution is -0.126. The highest BCUT2D eigenvalue weighted by molar-refractivity contribution is 7.99. The maximum absolute atomic E-state index is 13.3. The van der Waals surface area contributed by atoms with Gasteiger partial charge in [-0.15, -0.1) is 22.6 Å². The number of carbonyl (C=O) groups excluding carboxylic acids is 2. The average molecular weight is 473 g/mol. The number of amides is 1. The van der Waals surface area contributed by atoms with Crippen molar-refractivity contribution in [3.63, 3.8) is 0 Å². The monoisotopic (exact) mass is 472 g/mol. The maximum atomic E-state index is 13.3. The first-order valence-corrected chi connectivity index (χ1v) is 12.5. The van der Waals surface area contributed by atoms with E-state index in [2.05, 4.69) is 20.4 Å². The lowest BCUT2D eigenvalue weighted by Crippen LogP contribution is -2.48. The number of nitrogens with zero attached hydrogens (tertiary/aromatic N) is 3. The van der Waals surface area contributed by atoms with Gasteiger partial charge in [-0.05, 0) is 45.7 Å². The number of nitrogens with one attached hydrogen (secondary N) is 1. The number of aromatic nitrogens is 2. The van der Waals surface area contributed by atoms with Crippen LogP contribution >= 0.6 is 24.2 Å². The Balaban J connectivity index is 0.00000341. The van der Waals surface area contributed by atoms with Gasteiger partial charge in [-0.1, -0.05) is 56.7 Å². The smallest absolute Gasteiger partial charge is 0.286 e. The minimum absolute atomic E-state index is 0. The molecule has 1 aromatic heterocycles. The Bertz CT molecular complexity index is 686. The van der Waals surface area contributed by atoms with Gasteiger partial charge >= 0.3 is 0 Å². The molecule has 1 atom stereocenters. The van der Waals surface area contributed by atoms with E-state index in [0.29, 0.717) is 5.22 Å². The molecule has 0 aliphatic heterocycles. The molecule has 2 aliphatic rings. The van der Waals surface area contributed by atoms with Gasteiger partial charge in [-0.3, -0.25) is 9.59 Å². The molecule has 1 unspecified atom stereocenters. The van der Waals surface area contributed by atoms with Crippen LogP contribution in [0.1, 0.15) is 81.3 Å². The minimum atomic E-state index is -0.555. The van der Waals surface area contributed by atoms with Gasteiger partial charge in [0.15, 0.2) is 0 Å². The second kappa shape index (κ2) is 13.4. The molecule has 0 aromatic carbocycles. The number of thioether (sulfide) groups is 1. The fourth-order valence-electron chi connectivity index (χ4n) is 4.49. The third-order valence-corrected chi connectivity index (χ3v) is 7.11. The summed E-state index contributed by atoms with van der Waals surface area (Å²) in [5, 5.41) is 11.6. The van der Waals surface area contributed by atoms with Crippen molar-refractivity contribution in [1.82, 2.24) is 20.4 Å². The van der Waals surface area contributed by atoms with Crippen molar-refractivity contribution in [2.75, 3.05) is 26.4 Å². The molecule has 2 fully saturated rings. The van der Waals surface area contributed by atoms with Gasteiger partial charge < -0.3 is 14.6 Å². The first kappa shape index (κ1) is 26.1. The number of rotatable bonds is 9. The molecule has 2 saturated carbocycles. The predicted molar refractivity (Wildman–Crippen MR) is 125 cm³/mol. The number of hydrogen-bond donors (Lipinski definition) is 1. The van der Waals surface area contributed by atoms with Crippen molar-refractivity contribution >= 4 is 35.9 Å². The summed E-state index contributed by atoms with van der Waals surface area (Å²) in [6.45, 7) is 0.887. The van der Waals surface area contributed by atoms with Crippen molar-refractivity contribution in [1.29, 1.82) is 0 Å². The molecule has 0 saturated heterocycles. The zero-order valence-corrected chi connectivity index (χ0v) is 20.4. The van der Waals surface area contributed by atoms with E-state index < -0.39 is 6.04 Å². The second-order valence-electron chi connectivity index (χ2n) is 8.96. The number of Topliss-reactive ketones (excluding diaryl/α,β-unsaturated/α-hetero) is 1. The van der Waals surface area contributed by atoms with Crippen LogP contribution in [-0.4, -0.2) is 59.2 Å². The third kappa shape index (κ3) is 8.06. The van der Waals surface area contributed by atoms with Gasteiger partial charge in [0.2, 0.25) is 11.7 Å². The summed E-state index contributed by atoms with van der Waals surface area (Å²) in [4.78, 5) is 28.4. The first-order chi connectivity index (χ1) is 14.5. The molecule has 0 spiro atoms. The first-order valence-electron chi connectivity index (χ1n) is 11.5. The van der Waals surface area contributed by atoms with Crippen LogP contribution in [0.5, 0.6) is 0 Å². The highest BCUT2D eigenvalue weighted by Gasteiger charge is 2.36. The topological polar surface area (TPSA) is 88.3 Å². The van der Waals surface area contributed by atoms with Gasteiger partial charge in [0.1, 0.15) is 6.04 Å². The highest BCUT2D eigenvalue weighted by Crippen LogP contribution is 2.30. The lowest BCUT2D eigenvalue weighted by atomic mass is 9.81. The maximum Gasteiger partial charge on any atom is 0.286 e. The summed E-state index contributed by atoms with van der Waals surface area (Å²) in [6.07, 6.45) is 11.7. The quantitative estimate of drug-likeness (QED) is 0.324. The lowest BCUT2D eigenvalue weighted by Gasteiger charge is -2.30. The fraction of sp³-hybridized carbons (Fsp3) is 0.818. The van der Waals surface area contributed by atoms with E-state index in [0.717, 1.165) is 63.7 Å². The van der Waals surface area contributed by atoms with Crippen molar-refractivity contribution in [3.8, 4) is 0 Å². The molecule has 0 radical (unpaired) electrons. The van der Waals surface area contributed by atoms with E-state index in [1.807, 2.05) is 14.1 Å². The van der Waals surface area contributed by atoms with Gasteiger partial charge in [0.25, 0.3) is 11.1 Å². The number of hydrogen-bond acceptors (Lipinski definition) is 7. The molecule has 1 aromatic rings. The van der Waals surface area contributed by atoms with Crippen LogP contribution in [0.3, 0.4) is 0 Å². The van der Waals surface area contributed by atoms with Crippen LogP contribution in [0.25, 0.3) is 0 Å². The third-order valence-electron chi connectivity index (χ3n) is 6.31. The molecule has 1 heterocycles. The molecule has 31 heavy (non-hydrogen) atoms. The number of halogens is 1. The molecule has 1 amide bonds. The molecule has 176 valence electrons. The molecular weight excluding hydrogens is 436 g/mol. The molecule has 2 aliphatic carbocycles. The van der Waals surface area contributed by atoms with E-state index in [1.54, 1.807) is 0 Å². The zero-order valence-electron chi connectivity index (χ0n) is 18.8. The second-order valence-corrected chi connectivity index (χ2v) is 10.0. The van der Waals surface area contributed by atoms with Gasteiger partial charge in [-0.2, -0.15) is 0 Å². The number of ketones is 1. The zero-order chi connectivity index (χ0) is 21.3. The van der Waals surface area contributed by atoms with Crippen molar-refractivity contribution in [2.24, 2.45) is 11.8 Å².